The third-order valence-corrected chi connectivity index (χ3v) is 5.67. The summed E-state index contributed by atoms with van der Waals surface area (Å²) in [6.45, 7) is 6.33. The summed E-state index contributed by atoms with van der Waals surface area (Å²) in [6, 6.07) is 4.48. The molecule has 2 aliphatic rings. The van der Waals surface area contributed by atoms with Gasteiger partial charge in [-0.25, -0.2) is 4.98 Å². The van der Waals surface area contributed by atoms with Crippen LogP contribution in [0.5, 0.6) is 0 Å². The summed E-state index contributed by atoms with van der Waals surface area (Å²) in [5.41, 5.74) is 10.6. The number of rotatable bonds is 4. The fourth-order valence-electron chi connectivity index (χ4n) is 4.01. The summed E-state index contributed by atoms with van der Waals surface area (Å²) >= 11 is 0. The highest BCUT2D eigenvalue weighted by atomic mass is 16.5. The zero-order valence-electron chi connectivity index (χ0n) is 17.1. The molecule has 2 aliphatic heterocycles. The van der Waals surface area contributed by atoms with Crippen molar-refractivity contribution in [1.82, 2.24) is 14.9 Å². The summed E-state index contributed by atoms with van der Waals surface area (Å²) in [7, 11) is 2.14. The number of anilines is 1. The van der Waals surface area contributed by atoms with Crippen LogP contribution < -0.4 is 10.6 Å². The van der Waals surface area contributed by atoms with Gasteiger partial charge in [0.05, 0.1) is 25.0 Å². The van der Waals surface area contributed by atoms with Crippen molar-refractivity contribution in [3.05, 3.63) is 41.7 Å². The number of hydrogen-bond acceptors (Lipinski definition) is 7. The molecule has 7 heteroatoms. The van der Waals surface area contributed by atoms with Crippen LogP contribution in [-0.2, 0) is 4.74 Å². The van der Waals surface area contributed by atoms with Gasteiger partial charge in [-0.3, -0.25) is 4.98 Å². The third kappa shape index (κ3) is 3.88. The maximum absolute atomic E-state index is 7.38. The second-order valence-electron chi connectivity index (χ2n) is 7.73. The Morgan fingerprint density at radius 1 is 1.38 bits per heavy atom. The van der Waals surface area contributed by atoms with E-state index in [1.165, 1.54) is 17.4 Å². The second kappa shape index (κ2) is 8.31. The van der Waals surface area contributed by atoms with Crippen molar-refractivity contribution in [2.75, 3.05) is 44.8 Å². The smallest absolute Gasteiger partial charge is 0.130 e. The van der Waals surface area contributed by atoms with E-state index in [1.807, 2.05) is 6.07 Å². The van der Waals surface area contributed by atoms with Gasteiger partial charge in [0.15, 0.2) is 0 Å². The lowest BCUT2D eigenvalue weighted by Crippen LogP contribution is -2.44. The Bertz CT molecular complexity index is 983. The van der Waals surface area contributed by atoms with Gasteiger partial charge < -0.3 is 25.7 Å². The number of morpholine rings is 1. The molecule has 0 radical (unpaired) electrons. The molecule has 1 saturated heterocycles. The average molecular weight is 393 g/mol. The van der Waals surface area contributed by atoms with Gasteiger partial charge in [0.1, 0.15) is 17.0 Å². The van der Waals surface area contributed by atoms with Crippen LogP contribution in [0.2, 0.25) is 0 Å². The first-order valence-electron chi connectivity index (χ1n) is 10.1. The van der Waals surface area contributed by atoms with Gasteiger partial charge in [-0.05, 0) is 49.7 Å². The molecule has 3 N–H and O–H groups in total. The number of nitrogens with zero attached hydrogens (tertiary/aromatic N) is 4. The standard InChI is InChI=1S/C22H28N6O/c1-15-14-29-12-11-28(15)20-13-18(16-5-9-27(2)10-6-16)17-4-8-25-22(21(17)26-20)19(24)3-7-23/h3-5,7-8,13,15,23H,6,9-12,14,24H2,1-2H3/b19-3-,23-7?/t15-/m1/s1. The number of nitrogens with one attached hydrogen (secondary N) is 1. The van der Waals surface area contributed by atoms with E-state index in [4.69, 9.17) is 20.9 Å². The minimum absolute atomic E-state index is 0.252. The predicted molar refractivity (Wildman–Crippen MR) is 118 cm³/mol. The molecule has 7 nitrogen and oxygen atoms in total. The molecule has 0 bridgehead atoms. The van der Waals surface area contributed by atoms with Crippen LogP contribution >= 0.6 is 0 Å². The Balaban J connectivity index is 1.93. The van der Waals surface area contributed by atoms with E-state index in [1.54, 1.807) is 12.3 Å². The highest BCUT2D eigenvalue weighted by Gasteiger charge is 2.23. The van der Waals surface area contributed by atoms with Gasteiger partial charge in [0, 0.05) is 37.4 Å². The first kappa shape index (κ1) is 19.5. The maximum Gasteiger partial charge on any atom is 0.130 e. The molecule has 0 amide bonds. The van der Waals surface area contributed by atoms with Gasteiger partial charge in [-0.2, -0.15) is 0 Å². The third-order valence-electron chi connectivity index (χ3n) is 5.67. The van der Waals surface area contributed by atoms with E-state index in [2.05, 4.69) is 40.9 Å². The van der Waals surface area contributed by atoms with Gasteiger partial charge in [-0.15, -0.1) is 0 Å². The Labute approximate surface area is 171 Å². The lowest BCUT2D eigenvalue weighted by atomic mass is 9.95. The molecule has 0 spiro atoms. The van der Waals surface area contributed by atoms with Crippen molar-refractivity contribution in [3.63, 3.8) is 0 Å². The molecule has 0 saturated carbocycles. The van der Waals surface area contributed by atoms with Gasteiger partial charge >= 0.3 is 0 Å². The zero-order chi connectivity index (χ0) is 20.4. The Kier molecular flexibility index (Phi) is 5.60. The van der Waals surface area contributed by atoms with E-state index >= 15 is 0 Å². The van der Waals surface area contributed by atoms with Gasteiger partial charge in [-0.1, -0.05) is 6.08 Å². The first-order chi connectivity index (χ1) is 14.1. The number of allylic oxidation sites excluding steroid dienone is 1. The fraction of sp³-hybridized carbons (Fsp3) is 0.409. The predicted octanol–water partition coefficient (Wildman–Crippen LogP) is 2.52. The van der Waals surface area contributed by atoms with Crippen LogP contribution in [0.3, 0.4) is 0 Å². The van der Waals surface area contributed by atoms with Crippen molar-refractivity contribution in [3.8, 4) is 0 Å². The minimum atomic E-state index is 0.252. The molecule has 4 heterocycles. The Morgan fingerprint density at radius 2 is 2.24 bits per heavy atom. The van der Waals surface area contributed by atoms with Crippen LogP contribution in [0.4, 0.5) is 5.82 Å². The van der Waals surface area contributed by atoms with Crippen molar-refractivity contribution >= 4 is 34.2 Å². The molecule has 2 aromatic heterocycles. The lowest BCUT2D eigenvalue weighted by molar-refractivity contribution is 0.0985. The molecule has 0 aliphatic carbocycles. The van der Waals surface area contributed by atoms with E-state index in [0.29, 0.717) is 24.6 Å². The molecular formula is C22H28N6O. The number of ether oxygens (including phenoxy) is 1. The van der Waals surface area contributed by atoms with E-state index < -0.39 is 0 Å². The SMILES string of the molecule is C[C@@H]1COCCN1c1cc(C2=CCN(C)CC2)c2ccnc(/C(N)=C/C=N)c2n1. The topological polar surface area (TPSA) is 91.4 Å². The quantitative estimate of drug-likeness (QED) is 0.777. The van der Waals surface area contributed by atoms with Gasteiger partial charge in [0.25, 0.3) is 0 Å². The molecule has 1 atom stereocenters. The van der Waals surface area contributed by atoms with Crippen LogP contribution in [0.15, 0.2) is 30.5 Å². The summed E-state index contributed by atoms with van der Waals surface area (Å²) in [5.74, 6) is 0.931. The molecule has 1 fully saturated rings. The molecule has 0 unspecified atom stereocenters. The number of likely N-dealkylation sites (N-methyl/N-ethyl adjacent to an activating group) is 1. The average Bonchev–Trinajstić information content (AvgIpc) is 2.73. The normalized spacial score (nSPS) is 21.3. The van der Waals surface area contributed by atoms with Crippen LogP contribution in [0.25, 0.3) is 22.2 Å². The molecule has 2 aromatic rings. The molecule has 29 heavy (non-hydrogen) atoms. The van der Waals surface area contributed by atoms with E-state index in [-0.39, 0.29) is 6.04 Å². The van der Waals surface area contributed by atoms with Gasteiger partial charge in [0.2, 0.25) is 0 Å². The summed E-state index contributed by atoms with van der Waals surface area (Å²) in [4.78, 5) is 14.1. The number of nitrogens with two attached hydrogens (primary N) is 1. The number of pyridine rings is 2. The van der Waals surface area contributed by atoms with E-state index in [9.17, 15) is 0 Å². The van der Waals surface area contributed by atoms with Crippen LogP contribution in [0.1, 0.15) is 24.6 Å². The van der Waals surface area contributed by atoms with Crippen molar-refractivity contribution in [2.45, 2.75) is 19.4 Å². The molecule has 4 rings (SSSR count). The fourth-order valence-corrected chi connectivity index (χ4v) is 4.01. The Hall–Kier alpha value is -2.77. The highest BCUT2D eigenvalue weighted by Crippen LogP contribution is 2.34. The van der Waals surface area contributed by atoms with Crippen molar-refractivity contribution in [1.29, 1.82) is 5.41 Å². The van der Waals surface area contributed by atoms with Crippen LogP contribution in [0, 0.1) is 5.41 Å². The minimum Gasteiger partial charge on any atom is -0.397 e. The van der Waals surface area contributed by atoms with Crippen molar-refractivity contribution < 1.29 is 4.74 Å². The maximum atomic E-state index is 7.38. The second-order valence-corrected chi connectivity index (χ2v) is 7.73. The van der Waals surface area contributed by atoms with E-state index in [0.717, 1.165) is 42.8 Å². The zero-order valence-corrected chi connectivity index (χ0v) is 17.1. The van der Waals surface area contributed by atoms with Crippen LogP contribution in [-0.4, -0.2) is 67.0 Å². The molecular weight excluding hydrogens is 364 g/mol. The number of fused-ring (bicyclic) bond motifs is 1. The number of hydrogen-bond donors (Lipinski definition) is 2. The summed E-state index contributed by atoms with van der Waals surface area (Å²) in [6.07, 6.45) is 7.82. The lowest BCUT2D eigenvalue weighted by Gasteiger charge is -2.35. The molecule has 0 aromatic carbocycles. The first-order valence-corrected chi connectivity index (χ1v) is 10.1. The largest absolute Gasteiger partial charge is 0.397 e. The Morgan fingerprint density at radius 3 is 2.97 bits per heavy atom. The van der Waals surface area contributed by atoms with Crippen molar-refractivity contribution in [2.24, 2.45) is 5.73 Å². The molecule has 152 valence electrons. The summed E-state index contributed by atoms with van der Waals surface area (Å²) in [5, 5.41) is 8.43. The summed E-state index contributed by atoms with van der Waals surface area (Å²) < 4.78 is 5.62. The highest BCUT2D eigenvalue weighted by molar-refractivity contribution is 5.99. The monoisotopic (exact) mass is 392 g/mol. The number of aromatic nitrogens is 2.